The monoisotopic (exact) mass is 269 g/mol. The molecular weight excluding hydrogens is 242 g/mol. The molecule has 2 heterocycles. The highest BCUT2D eigenvalue weighted by molar-refractivity contribution is 4.90. The predicted molar refractivity (Wildman–Crippen MR) is 73.1 cm³/mol. The highest BCUT2D eigenvalue weighted by atomic mass is 16.5. The Morgan fingerprint density at radius 3 is 2.58 bits per heavy atom. The first-order chi connectivity index (χ1) is 9.34. The molecule has 4 heteroatoms. The second kappa shape index (κ2) is 6.53. The van der Waals surface area contributed by atoms with Crippen LogP contribution in [0.2, 0.25) is 0 Å². The van der Waals surface area contributed by atoms with Gasteiger partial charge < -0.3 is 14.6 Å². The van der Waals surface area contributed by atoms with Gasteiger partial charge in [-0.1, -0.05) is 6.42 Å². The van der Waals surface area contributed by atoms with Gasteiger partial charge in [0.25, 0.3) is 0 Å². The molecular formula is C15H27NO3. The van der Waals surface area contributed by atoms with E-state index in [0.29, 0.717) is 12.0 Å². The van der Waals surface area contributed by atoms with E-state index in [2.05, 4.69) is 4.90 Å². The molecule has 0 amide bonds. The number of nitrogens with zero attached hydrogens (tertiary/aromatic N) is 1. The maximum absolute atomic E-state index is 10.2. The van der Waals surface area contributed by atoms with Crippen LogP contribution >= 0.6 is 0 Å². The second-order valence-corrected chi connectivity index (χ2v) is 6.36. The molecule has 0 unspecified atom stereocenters. The third-order valence-corrected chi connectivity index (χ3v) is 5.14. The number of ether oxygens (including phenoxy) is 2. The molecule has 0 aromatic rings. The largest absolute Gasteiger partial charge is 0.393 e. The molecule has 110 valence electrons. The fourth-order valence-corrected chi connectivity index (χ4v) is 3.96. The molecule has 2 saturated heterocycles. The van der Waals surface area contributed by atoms with Crippen molar-refractivity contribution in [3.8, 4) is 0 Å². The van der Waals surface area contributed by atoms with Crippen molar-refractivity contribution in [1.29, 1.82) is 0 Å². The zero-order chi connectivity index (χ0) is 13.1. The molecule has 0 aromatic carbocycles. The summed E-state index contributed by atoms with van der Waals surface area (Å²) in [7, 11) is 0. The van der Waals surface area contributed by atoms with Gasteiger partial charge in [0, 0.05) is 38.3 Å². The van der Waals surface area contributed by atoms with Crippen LogP contribution in [0.4, 0.5) is 0 Å². The molecule has 1 N–H and O–H groups in total. The van der Waals surface area contributed by atoms with Crippen LogP contribution in [0.15, 0.2) is 0 Å². The van der Waals surface area contributed by atoms with E-state index in [9.17, 15) is 5.11 Å². The van der Waals surface area contributed by atoms with Crippen molar-refractivity contribution in [1.82, 2.24) is 4.90 Å². The quantitative estimate of drug-likeness (QED) is 0.838. The molecule has 0 aromatic heterocycles. The van der Waals surface area contributed by atoms with Gasteiger partial charge in [-0.05, 0) is 31.6 Å². The molecule has 1 aliphatic carbocycles. The molecule has 1 saturated carbocycles. The Balaban J connectivity index is 1.59. The Kier molecular flexibility index (Phi) is 4.74. The molecule has 0 bridgehead atoms. The number of hydrogen-bond donors (Lipinski definition) is 1. The third kappa shape index (κ3) is 3.30. The van der Waals surface area contributed by atoms with Gasteiger partial charge in [0.2, 0.25) is 0 Å². The standard InChI is InChI=1S/C15H27NO3/c17-15-3-1-2-13(15)14-11-19-9-6-16(14)10-12-4-7-18-8-5-12/h12-15,17H,1-11H2/t13-,14+,15-/m1/s1. The van der Waals surface area contributed by atoms with Crippen molar-refractivity contribution in [2.45, 2.75) is 44.2 Å². The van der Waals surface area contributed by atoms with E-state index in [1.807, 2.05) is 0 Å². The lowest BCUT2D eigenvalue weighted by Crippen LogP contribution is -2.52. The zero-order valence-electron chi connectivity index (χ0n) is 11.8. The first kappa shape index (κ1) is 13.8. The van der Waals surface area contributed by atoms with Gasteiger partial charge in [0.15, 0.2) is 0 Å². The van der Waals surface area contributed by atoms with Crippen LogP contribution in [0.5, 0.6) is 0 Å². The summed E-state index contributed by atoms with van der Waals surface area (Å²) in [5.41, 5.74) is 0. The Morgan fingerprint density at radius 2 is 1.84 bits per heavy atom. The summed E-state index contributed by atoms with van der Waals surface area (Å²) in [5, 5.41) is 10.2. The van der Waals surface area contributed by atoms with E-state index >= 15 is 0 Å². The number of hydrogen-bond acceptors (Lipinski definition) is 4. The summed E-state index contributed by atoms with van der Waals surface area (Å²) in [6.45, 7) is 5.71. The van der Waals surface area contributed by atoms with Crippen LogP contribution < -0.4 is 0 Å². The van der Waals surface area contributed by atoms with Gasteiger partial charge >= 0.3 is 0 Å². The summed E-state index contributed by atoms with van der Waals surface area (Å²) in [4.78, 5) is 2.60. The summed E-state index contributed by atoms with van der Waals surface area (Å²) in [5.74, 6) is 1.20. The smallest absolute Gasteiger partial charge is 0.0626 e. The summed E-state index contributed by atoms with van der Waals surface area (Å²) < 4.78 is 11.1. The van der Waals surface area contributed by atoms with E-state index in [-0.39, 0.29) is 6.10 Å². The van der Waals surface area contributed by atoms with Crippen molar-refractivity contribution in [3.05, 3.63) is 0 Å². The van der Waals surface area contributed by atoms with Crippen LogP contribution in [-0.4, -0.2) is 61.7 Å². The minimum atomic E-state index is -0.108. The van der Waals surface area contributed by atoms with E-state index in [1.165, 1.54) is 32.2 Å². The minimum absolute atomic E-state index is 0.108. The Morgan fingerprint density at radius 1 is 1.00 bits per heavy atom. The van der Waals surface area contributed by atoms with E-state index in [1.54, 1.807) is 0 Å². The summed E-state index contributed by atoms with van der Waals surface area (Å²) in [6.07, 6.45) is 5.59. The molecule has 0 spiro atoms. The van der Waals surface area contributed by atoms with E-state index < -0.39 is 0 Å². The average Bonchev–Trinajstić information content (AvgIpc) is 2.87. The number of aliphatic hydroxyl groups excluding tert-OH is 1. The van der Waals surface area contributed by atoms with Crippen molar-refractivity contribution in [2.75, 3.05) is 39.5 Å². The van der Waals surface area contributed by atoms with Crippen LogP contribution in [0.3, 0.4) is 0 Å². The maximum Gasteiger partial charge on any atom is 0.0626 e. The number of aliphatic hydroxyl groups is 1. The van der Waals surface area contributed by atoms with Gasteiger partial charge in [-0.25, -0.2) is 0 Å². The second-order valence-electron chi connectivity index (χ2n) is 6.36. The number of morpholine rings is 1. The fourth-order valence-electron chi connectivity index (χ4n) is 3.96. The average molecular weight is 269 g/mol. The Hall–Kier alpha value is -0.160. The Bertz CT molecular complexity index is 281. The van der Waals surface area contributed by atoms with Crippen molar-refractivity contribution < 1.29 is 14.6 Å². The first-order valence-corrected chi connectivity index (χ1v) is 7.92. The molecule has 3 rings (SSSR count). The molecule has 2 aliphatic heterocycles. The van der Waals surface area contributed by atoms with Crippen LogP contribution in [0, 0.1) is 11.8 Å². The van der Waals surface area contributed by atoms with Gasteiger partial charge in [0.05, 0.1) is 19.3 Å². The van der Waals surface area contributed by atoms with E-state index in [4.69, 9.17) is 9.47 Å². The summed E-state index contributed by atoms with van der Waals surface area (Å²) >= 11 is 0. The predicted octanol–water partition coefficient (Wildman–Crippen LogP) is 1.27. The zero-order valence-corrected chi connectivity index (χ0v) is 11.8. The van der Waals surface area contributed by atoms with Crippen molar-refractivity contribution >= 4 is 0 Å². The SMILES string of the molecule is O[C@@H]1CCC[C@@H]1[C@@H]1COCCN1CC1CCOCC1. The summed E-state index contributed by atoms with van der Waals surface area (Å²) in [6, 6.07) is 0.439. The van der Waals surface area contributed by atoms with Crippen molar-refractivity contribution in [2.24, 2.45) is 11.8 Å². The van der Waals surface area contributed by atoms with Crippen molar-refractivity contribution in [3.63, 3.8) is 0 Å². The molecule has 3 fully saturated rings. The minimum Gasteiger partial charge on any atom is -0.393 e. The fraction of sp³-hybridized carbons (Fsp3) is 1.00. The first-order valence-electron chi connectivity index (χ1n) is 7.92. The van der Waals surface area contributed by atoms with Gasteiger partial charge in [-0.2, -0.15) is 0 Å². The molecule has 4 nitrogen and oxygen atoms in total. The molecule has 3 atom stereocenters. The lowest BCUT2D eigenvalue weighted by molar-refractivity contribution is -0.0615. The molecule has 3 aliphatic rings. The third-order valence-electron chi connectivity index (χ3n) is 5.14. The van der Waals surface area contributed by atoms with Crippen LogP contribution in [0.25, 0.3) is 0 Å². The lowest BCUT2D eigenvalue weighted by Gasteiger charge is -2.42. The van der Waals surface area contributed by atoms with Gasteiger partial charge in [-0.15, -0.1) is 0 Å². The normalized spacial score (nSPS) is 38.7. The molecule has 0 radical (unpaired) electrons. The topological polar surface area (TPSA) is 41.9 Å². The maximum atomic E-state index is 10.2. The highest BCUT2D eigenvalue weighted by Crippen LogP contribution is 2.33. The van der Waals surface area contributed by atoms with Crippen LogP contribution in [0.1, 0.15) is 32.1 Å². The van der Waals surface area contributed by atoms with Crippen LogP contribution in [-0.2, 0) is 9.47 Å². The highest BCUT2D eigenvalue weighted by Gasteiger charge is 2.38. The number of rotatable bonds is 3. The van der Waals surface area contributed by atoms with Gasteiger partial charge in [-0.3, -0.25) is 4.90 Å². The molecule has 19 heavy (non-hydrogen) atoms. The Labute approximate surface area is 116 Å². The van der Waals surface area contributed by atoms with Gasteiger partial charge in [0.1, 0.15) is 0 Å². The van der Waals surface area contributed by atoms with E-state index in [0.717, 1.165) is 45.3 Å². The lowest BCUT2D eigenvalue weighted by atomic mass is 9.92.